The van der Waals surface area contributed by atoms with E-state index in [2.05, 4.69) is 21.2 Å². The molecule has 0 radical (unpaired) electrons. The van der Waals surface area contributed by atoms with Crippen molar-refractivity contribution >= 4 is 43.5 Å². The van der Waals surface area contributed by atoms with E-state index in [0.717, 1.165) is 31.0 Å². The fourth-order valence-corrected chi connectivity index (χ4v) is 7.35. The molecule has 48 heavy (non-hydrogen) atoms. The van der Waals surface area contributed by atoms with E-state index in [9.17, 15) is 18.0 Å². The minimum Gasteiger partial charge on any atom is -0.493 e. The van der Waals surface area contributed by atoms with Gasteiger partial charge in [0.1, 0.15) is 12.6 Å². The number of carbonyl (C=O) groups excluding carboxylic acids is 2. The maximum atomic E-state index is 14.7. The molecule has 0 heterocycles. The molecule has 0 aliphatic carbocycles. The molecule has 4 aromatic rings. The van der Waals surface area contributed by atoms with Gasteiger partial charge in [-0.15, -0.1) is 0 Å². The van der Waals surface area contributed by atoms with Gasteiger partial charge in [-0.05, 0) is 86.3 Å². The normalized spacial score (nSPS) is 11.9. The number of amides is 2. The summed E-state index contributed by atoms with van der Waals surface area (Å²) in [7, 11) is -1.44. The molecule has 4 aromatic carbocycles. The summed E-state index contributed by atoms with van der Waals surface area (Å²) in [6, 6.07) is 25.5. The first-order valence-corrected chi connectivity index (χ1v) is 17.8. The fourth-order valence-electron chi connectivity index (χ4n) is 5.49. The third-order valence-corrected chi connectivity index (χ3v) is 9.92. The Labute approximate surface area is 292 Å². The second-order valence-corrected chi connectivity index (χ2v) is 14.7. The van der Waals surface area contributed by atoms with Crippen LogP contribution in [0.15, 0.2) is 100 Å². The van der Waals surface area contributed by atoms with Crippen LogP contribution < -0.4 is 19.1 Å². The Bertz CT molecular complexity index is 1830. The number of aryl methyl sites for hydroxylation is 2. The highest BCUT2D eigenvalue weighted by atomic mass is 79.9. The van der Waals surface area contributed by atoms with Crippen molar-refractivity contribution in [3.05, 3.63) is 118 Å². The summed E-state index contributed by atoms with van der Waals surface area (Å²) in [4.78, 5) is 30.0. The number of halogens is 1. The maximum Gasteiger partial charge on any atom is 0.264 e. The van der Waals surface area contributed by atoms with E-state index in [0.29, 0.717) is 11.4 Å². The molecule has 0 aliphatic rings. The van der Waals surface area contributed by atoms with Crippen molar-refractivity contribution in [2.75, 3.05) is 25.1 Å². The topological polar surface area (TPSA) is 105 Å². The van der Waals surface area contributed by atoms with E-state index in [1.165, 1.54) is 37.3 Å². The third-order valence-electron chi connectivity index (χ3n) is 7.66. The Morgan fingerprint density at radius 2 is 1.46 bits per heavy atom. The summed E-state index contributed by atoms with van der Waals surface area (Å²) < 4.78 is 41.6. The molecule has 0 fully saturated rings. The van der Waals surface area contributed by atoms with Crippen LogP contribution >= 0.6 is 15.9 Å². The molecule has 2 amide bonds. The van der Waals surface area contributed by atoms with Gasteiger partial charge in [-0.2, -0.15) is 0 Å². The van der Waals surface area contributed by atoms with Gasteiger partial charge < -0.3 is 19.7 Å². The molecule has 0 spiro atoms. The number of methoxy groups -OCH3 is 2. The van der Waals surface area contributed by atoms with Crippen molar-refractivity contribution < 1.29 is 27.5 Å². The van der Waals surface area contributed by atoms with Gasteiger partial charge in [0.2, 0.25) is 11.8 Å². The first-order chi connectivity index (χ1) is 22.8. The third kappa shape index (κ3) is 9.17. The quantitative estimate of drug-likeness (QED) is 0.160. The Hall–Kier alpha value is -4.35. The summed E-state index contributed by atoms with van der Waals surface area (Å²) in [6.07, 6.45) is 0.227. The first kappa shape index (κ1) is 36.5. The number of rotatable bonds is 14. The number of nitrogens with zero attached hydrogens (tertiary/aromatic N) is 2. The van der Waals surface area contributed by atoms with E-state index < -0.39 is 28.5 Å². The number of hydrogen-bond donors (Lipinski definition) is 1. The molecule has 0 aliphatic heterocycles. The summed E-state index contributed by atoms with van der Waals surface area (Å²) in [5.74, 6) is -0.281. The zero-order valence-electron chi connectivity index (χ0n) is 28.1. The molecule has 0 saturated heterocycles. The summed E-state index contributed by atoms with van der Waals surface area (Å²) in [5.41, 5.74) is 3.61. The molecule has 9 nitrogen and oxygen atoms in total. The van der Waals surface area contributed by atoms with Gasteiger partial charge in [0.25, 0.3) is 10.0 Å². The summed E-state index contributed by atoms with van der Waals surface area (Å²) in [6.45, 7) is 6.95. The van der Waals surface area contributed by atoms with Crippen LogP contribution in [0.25, 0.3) is 0 Å². The minimum absolute atomic E-state index is 0.0678. The number of carbonyl (C=O) groups is 2. The van der Waals surface area contributed by atoms with Gasteiger partial charge in [0.15, 0.2) is 11.5 Å². The fraction of sp³-hybridized carbons (Fsp3) is 0.297. The van der Waals surface area contributed by atoms with Crippen molar-refractivity contribution in [1.82, 2.24) is 10.2 Å². The molecule has 0 bridgehead atoms. The molecule has 254 valence electrons. The van der Waals surface area contributed by atoms with Gasteiger partial charge in [0.05, 0.1) is 24.8 Å². The van der Waals surface area contributed by atoms with Gasteiger partial charge in [0, 0.05) is 29.5 Å². The number of hydrogen-bond acceptors (Lipinski definition) is 6. The van der Waals surface area contributed by atoms with Crippen LogP contribution in [0.5, 0.6) is 11.5 Å². The summed E-state index contributed by atoms with van der Waals surface area (Å²) in [5, 5.41) is 2.98. The molecule has 0 aromatic heterocycles. The standard InChI is InChI=1S/C37H42BrN3O6S/c1-25(2)39-37(43)33(21-28-11-8-7-9-12-28)40(23-29-13-10-14-30(38)20-29)36(42)24-41(31-18-26(3)17-27(4)19-31)48(44,45)32-15-16-34(46-5)35(22-32)47-6/h7-20,22,25,33H,21,23-24H2,1-6H3,(H,39,43). The second kappa shape index (κ2) is 16.2. The molecular weight excluding hydrogens is 694 g/mol. The molecule has 11 heteroatoms. The van der Waals surface area contributed by atoms with Crippen LogP contribution in [0.3, 0.4) is 0 Å². The van der Waals surface area contributed by atoms with Crippen LogP contribution in [0.1, 0.15) is 36.1 Å². The average molecular weight is 737 g/mol. The van der Waals surface area contributed by atoms with Crippen molar-refractivity contribution in [3.8, 4) is 11.5 Å². The van der Waals surface area contributed by atoms with Crippen LogP contribution in [-0.2, 0) is 32.6 Å². The van der Waals surface area contributed by atoms with Gasteiger partial charge in [-0.1, -0.05) is 64.5 Å². The lowest BCUT2D eigenvalue weighted by Crippen LogP contribution is -2.54. The van der Waals surface area contributed by atoms with Crippen LogP contribution in [-0.4, -0.2) is 58.0 Å². The van der Waals surface area contributed by atoms with Gasteiger partial charge in [-0.3, -0.25) is 13.9 Å². The monoisotopic (exact) mass is 735 g/mol. The lowest BCUT2D eigenvalue weighted by molar-refractivity contribution is -0.140. The van der Waals surface area contributed by atoms with E-state index in [1.807, 2.05) is 88.4 Å². The molecule has 1 unspecified atom stereocenters. The number of nitrogens with one attached hydrogen (secondary N) is 1. The molecular formula is C37H42BrN3O6S. The molecule has 4 rings (SSSR count). The minimum atomic E-state index is -4.33. The van der Waals surface area contributed by atoms with Crippen LogP contribution in [0.2, 0.25) is 0 Å². The van der Waals surface area contributed by atoms with Crippen molar-refractivity contribution in [2.24, 2.45) is 0 Å². The van der Waals surface area contributed by atoms with Crippen LogP contribution in [0.4, 0.5) is 5.69 Å². The van der Waals surface area contributed by atoms with Crippen molar-refractivity contribution in [2.45, 2.75) is 57.6 Å². The average Bonchev–Trinajstić information content (AvgIpc) is 3.04. The second-order valence-electron chi connectivity index (χ2n) is 11.9. The molecule has 1 N–H and O–H groups in total. The van der Waals surface area contributed by atoms with Crippen molar-refractivity contribution in [1.29, 1.82) is 0 Å². The predicted molar refractivity (Wildman–Crippen MR) is 192 cm³/mol. The molecule has 0 saturated carbocycles. The van der Waals surface area contributed by atoms with E-state index >= 15 is 0 Å². The smallest absolute Gasteiger partial charge is 0.264 e. The number of anilines is 1. The number of sulfonamides is 1. The van der Waals surface area contributed by atoms with Crippen molar-refractivity contribution in [3.63, 3.8) is 0 Å². The lowest BCUT2D eigenvalue weighted by atomic mass is 10.0. The zero-order valence-corrected chi connectivity index (χ0v) is 30.5. The Balaban J connectivity index is 1.86. The van der Waals surface area contributed by atoms with E-state index in [4.69, 9.17) is 9.47 Å². The zero-order chi connectivity index (χ0) is 35.0. The summed E-state index contributed by atoms with van der Waals surface area (Å²) >= 11 is 3.51. The van der Waals surface area contributed by atoms with Crippen LogP contribution in [0, 0.1) is 13.8 Å². The molecule has 1 atom stereocenters. The van der Waals surface area contributed by atoms with Gasteiger partial charge in [-0.25, -0.2) is 8.42 Å². The Morgan fingerprint density at radius 1 is 0.812 bits per heavy atom. The Morgan fingerprint density at radius 3 is 2.06 bits per heavy atom. The highest BCUT2D eigenvalue weighted by Crippen LogP contribution is 2.33. The Kier molecular flexibility index (Phi) is 12.3. The maximum absolute atomic E-state index is 14.7. The highest BCUT2D eigenvalue weighted by molar-refractivity contribution is 9.10. The van der Waals surface area contributed by atoms with Gasteiger partial charge >= 0.3 is 0 Å². The highest BCUT2D eigenvalue weighted by Gasteiger charge is 2.35. The first-order valence-electron chi connectivity index (χ1n) is 15.5. The number of ether oxygens (including phenoxy) is 2. The van der Waals surface area contributed by atoms with E-state index in [1.54, 1.807) is 12.1 Å². The van der Waals surface area contributed by atoms with E-state index in [-0.39, 0.29) is 35.6 Å². The lowest BCUT2D eigenvalue weighted by Gasteiger charge is -2.34. The SMILES string of the molecule is COc1ccc(S(=O)(=O)N(CC(=O)N(Cc2cccc(Br)c2)C(Cc2ccccc2)C(=O)NC(C)C)c2cc(C)cc(C)c2)cc1OC. The predicted octanol–water partition coefficient (Wildman–Crippen LogP) is 6.44. The largest absolute Gasteiger partial charge is 0.493 e. The number of benzene rings is 4.